The lowest BCUT2D eigenvalue weighted by atomic mass is 10.3. The lowest BCUT2D eigenvalue weighted by Gasteiger charge is -2.03. The van der Waals surface area contributed by atoms with Gasteiger partial charge in [-0.1, -0.05) is 0 Å². The van der Waals surface area contributed by atoms with Crippen molar-refractivity contribution in [2.75, 3.05) is 5.32 Å². The van der Waals surface area contributed by atoms with Crippen molar-refractivity contribution in [3.05, 3.63) is 48.3 Å². The van der Waals surface area contributed by atoms with E-state index in [1.54, 1.807) is 17.0 Å². The number of amides is 1. The fraction of sp³-hybridized carbons (Fsp3) is 0.143. The monoisotopic (exact) mass is 320 g/mol. The number of carbonyl (C=O) groups excluding carboxylic acids is 1. The predicted octanol–water partition coefficient (Wildman–Crippen LogP) is 1.20. The molecule has 0 aliphatic rings. The maximum atomic E-state index is 11.8. The summed E-state index contributed by atoms with van der Waals surface area (Å²) in [6.45, 7) is 2.73. The molecule has 2 rings (SSSR count). The van der Waals surface area contributed by atoms with Gasteiger partial charge in [0, 0.05) is 30.1 Å². The van der Waals surface area contributed by atoms with Crippen molar-refractivity contribution in [1.29, 1.82) is 0 Å². The molecule has 0 saturated carbocycles. The Morgan fingerprint density at radius 1 is 1.36 bits per heavy atom. The van der Waals surface area contributed by atoms with Crippen molar-refractivity contribution in [3.8, 4) is 0 Å². The van der Waals surface area contributed by atoms with Crippen molar-refractivity contribution < 1.29 is 13.2 Å². The topological polar surface area (TPSA) is 107 Å². The van der Waals surface area contributed by atoms with Crippen molar-refractivity contribution in [2.24, 2.45) is 5.14 Å². The van der Waals surface area contributed by atoms with Gasteiger partial charge in [0.1, 0.15) is 0 Å². The lowest BCUT2D eigenvalue weighted by Crippen LogP contribution is -2.12. The summed E-state index contributed by atoms with van der Waals surface area (Å²) < 4.78 is 24.0. The Labute approximate surface area is 128 Å². The molecule has 1 heterocycles. The second-order valence-electron chi connectivity index (χ2n) is 4.52. The maximum Gasteiger partial charge on any atom is 0.248 e. The first-order valence-electron chi connectivity index (χ1n) is 6.53. The van der Waals surface area contributed by atoms with Crippen LogP contribution in [0.15, 0.2) is 47.6 Å². The number of benzene rings is 1. The zero-order chi connectivity index (χ0) is 16.2. The summed E-state index contributed by atoms with van der Waals surface area (Å²) in [5, 5.41) is 11.7. The molecule has 116 valence electrons. The molecule has 1 amide bonds. The molecule has 0 aliphatic carbocycles. The Hall–Kier alpha value is -2.45. The standard InChI is InChI=1S/C14H16N4O3S/c1-2-18-10-11(9-16-18)3-8-14(19)17-12-4-6-13(7-5-12)22(15,20)21/h3-10H,2H2,1H3,(H,17,19)(H2,15,20,21)/b8-3+. The number of anilines is 1. The van der Waals surface area contributed by atoms with Gasteiger partial charge in [-0.3, -0.25) is 9.48 Å². The van der Waals surface area contributed by atoms with Crippen LogP contribution in [-0.2, 0) is 21.4 Å². The molecule has 0 saturated heterocycles. The molecule has 1 aromatic carbocycles. The Kier molecular flexibility index (Phi) is 4.74. The number of primary sulfonamides is 1. The fourth-order valence-corrected chi connectivity index (χ4v) is 2.24. The van der Waals surface area contributed by atoms with Crippen LogP contribution < -0.4 is 10.5 Å². The van der Waals surface area contributed by atoms with Gasteiger partial charge >= 0.3 is 0 Å². The van der Waals surface area contributed by atoms with E-state index in [2.05, 4.69) is 10.4 Å². The molecule has 0 radical (unpaired) electrons. The Morgan fingerprint density at radius 2 is 2.05 bits per heavy atom. The van der Waals surface area contributed by atoms with Gasteiger partial charge in [0.25, 0.3) is 0 Å². The summed E-state index contributed by atoms with van der Waals surface area (Å²) in [6.07, 6.45) is 6.51. The van der Waals surface area contributed by atoms with Gasteiger partial charge in [-0.2, -0.15) is 5.10 Å². The highest BCUT2D eigenvalue weighted by Gasteiger charge is 2.07. The third kappa shape index (κ3) is 4.27. The number of hydrogen-bond acceptors (Lipinski definition) is 4. The first-order chi connectivity index (χ1) is 10.4. The smallest absolute Gasteiger partial charge is 0.248 e. The lowest BCUT2D eigenvalue weighted by molar-refractivity contribution is -0.111. The van der Waals surface area contributed by atoms with Crippen LogP contribution in [-0.4, -0.2) is 24.1 Å². The molecule has 1 aromatic heterocycles. The second kappa shape index (κ2) is 6.54. The number of rotatable bonds is 5. The number of sulfonamides is 1. The van der Waals surface area contributed by atoms with Gasteiger partial charge < -0.3 is 5.32 Å². The van der Waals surface area contributed by atoms with Gasteiger partial charge in [-0.15, -0.1) is 0 Å². The van der Waals surface area contributed by atoms with E-state index in [9.17, 15) is 13.2 Å². The quantitative estimate of drug-likeness (QED) is 0.807. The fourth-order valence-electron chi connectivity index (χ4n) is 1.72. The molecule has 0 unspecified atom stereocenters. The van der Waals surface area contributed by atoms with Crippen LogP contribution in [0.2, 0.25) is 0 Å². The molecular formula is C14H16N4O3S. The summed E-state index contributed by atoms with van der Waals surface area (Å²) >= 11 is 0. The number of nitrogens with two attached hydrogens (primary N) is 1. The first kappa shape index (κ1) is 15.9. The van der Waals surface area contributed by atoms with Crippen LogP contribution in [0.1, 0.15) is 12.5 Å². The molecule has 0 atom stereocenters. The summed E-state index contributed by atoms with van der Waals surface area (Å²) in [4.78, 5) is 11.8. The Bertz CT molecular complexity index is 792. The highest BCUT2D eigenvalue weighted by atomic mass is 32.2. The summed E-state index contributed by atoms with van der Waals surface area (Å²) in [5.74, 6) is -0.326. The van der Waals surface area contributed by atoms with E-state index >= 15 is 0 Å². The van der Waals surface area contributed by atoms with Crippen LogP contribution in [0.4, 0.5) is 5.69 Å². The van der Waals surface area contributed by atoms with Crippen molar-refractivity contribution in [2.45, 2.75) is 18.4 Å². The first-order valence-corrected chi connectivity index (χ1v) is 8.07. The second-order valence-corrected chi connectivity index (χ2v) is 6.08. The van der Waals surface area contributed by atoms with Crippen LogP contribution in [0.3, 0.4) is 0 Å². The minimum Gasteiger partial charge on any atom is -0.323 e. The highest BCUT2D eigenvalue weighted by molar-refractivity contribution is 7.89. The van der Waals surface area contributed by atoms with Gasteiger partial charge in [0.05, 0.1) is 11.1 Å². The SMILES string of the molecule is CCn1cc(/C=C/C(=O)Nc2ccc(S(N)(=O)=O)cc2)cn1. The van der Waals surface area contributed by atoms with Crippen molar-refractivity contribution in [1.82, 2.24) is 9.78 Å². The third-order valence-corrected chi connectivity index (χ3v) is 3.78. The minimum absolute atomic E-state index is 0.00646. The van der Waals surface area contributed by atoms with Crippen molar-refractivity contribution >= 4 is 27.7 Å². The van der Waals surface area contributed by atoms with E-state index in [0.29, 0.717) is 5.69 Å². The minimum atomic E-state index is -3.73. The van der Waals surface area contributed by atoms with Crippen LogP contribution >= 0.6 is 0 Å². The number of aromatic nitrogens is 2. The Morgan fingerprint density at radius 3 is 2.59 bits per heavy atom. The molecule has 8 heteroatoms. The zero-order valence-corrected chi connectivity index (χ0v) is 12.7. The molecule has 2 aromatic rings. The molecule has 0 bridgehead atoms. The number of nitrogens with one attached hydrogen (secondary N) is 1. The molecule has 7 nitrogen and oxygen atoms in total. The molecule has 22 heavy (non-hydrogen) atoms. The number of aryl methyl sites for hydroxylation is 1. The van der Waals surface area contributed by atoms with E-state index in [4.69, 9.17) is 5.14 Å². The largest absolute Gasteiger partial charge is 0.323 e. The summed E-state index contributed by atoms with van der Waals surface area (Å²) in [6, 6.07) is 5.61. The highest BCUT2D eigenvalue weighted by Crippen LogP contribution is 2.12. The van der Waals surface area contributed by atoms with Gasteiger partial charge in [0.2, 0.25) is 15.9 Å². The average molecular weight is 320 g/mol. The van der Waals surface area contributed by atoms with Gasteiger partial charge in [-0.05, 0) is 37.3 Å². The van der Waals surface area contributed by atoms with Crippen LogP contribution in [0.5, 0.6) is 0 Å². The zero-order valence-electron chi connectivity index (χ0n) is 11.9. The summed E-state index contributed by atoms with van der Waals surface area (Å²) in [5.41, 5.74) is 1.30. The molecule has 3 N–H and O–H groups in total. The van der Waals surface area contributed by atoms with E-state index in [1.807, 2.05) is 13.1 Å². The third-order valence-electron chi connectivity index (χ3n) is 2.85. The molecule has 0 spiro atoms. The number of nitrogens with zero attached hydrogens (tertiary/aromatic N) is 2. The number of hydrogen-bond donors (Lipinski definition) is 2. The van der Waals surface area contributed by atoms with E-state index < -0.39 is 10.0 Å². The van der Waals surface area contributed by atoms with Gasteiger partial charge in [0.15, 0.2) is 0 Å². The maximum absolute atomic E-state index is 11.8. The summed E-state index contributed by atoms with van der Waals surface area (Å²) in [7, 11) is -3.73. The molecular weight excluding hydrogens is 304 g/mol. The number of carbonyl (C=O) groups is 1. The molecule has 0 aliphatic heterocycles. The van der Waals surface area contributed by atoms with E-state index in [1.165, 1.54) is 30.3 Å². The molecule has 0 fully saturated rings. The predicted molar refractivity (Wildman–Crippen MR) is 83.4 cm³/mol. The normalized spacial score (nSPS) is 11.7. The van der Waals surface area contributed by atoms with Gasteiger partial charge in [-0.25, -0.2) is 13.6 Å². The average Bonchev–Trinajstić information content (AvgIpc) is 2.93. The van der Waals surface area contributed by atoms with Crippen LogP contribution in [0.25, 0.3) is 6.08 Å². The van der Waals surface area contributed by atoms with Crippen molar-refractivity contribution in [3.63, 3.8) is 0 Å². The van der Waals surface area contributed by atoms with E-state index in [-0.39, 0.29) is 10.8 Å². The van der Waals surface area contributed by atoms with Crippen LogP contribution in [0, 0.1) is 0 Å². The Balaban J connectivity index is 1.99. The van der Waals surface area contributed by atoms with E-state index in [0.717, 1.165) is 12.1 Å².